The van der Waals surface area contributed by atoms with Crippen LogP contribution in [0.4, 0.5) is 0 Å². The number of hydrogen-bond donors (Lipinski definition) is 1. The highest BCUT2D eigenvalue weighted by Gasteiger charge is 2.31. The standard InChI is InChI=1S/C17H36N2O2/c1-6-15-7-8-17(18-3)16(11-15)12-19(9-10-20-4)14(2)13-21-5/h14-18H,6-13H2,1-5H3. The molecule has 4 atom stereocenters. The lowest BCUT2D eigenvalue weighted by atomic mass is 9.76. The molecule has 1 saturated carbocycles. The summed E-state index contributed by atoms with van der Waals surface area (Å²) in [6.07, 6.45) is 5.37. The smallest absolute Gasteiger partial charge is 0.0615 e. The lowest BCUT2D eigenvalue weighted by Crippen LogP contribution is -2.48. The Morgan fingerprint density at radius 2 is 2.00 bits per heavy atom. The van der Waals surface area contributed by atoms with Crippen LogP contribution in [0.25, 0.3) is 0 Å². The molecule has 0 amide bonds. The van der Waals surface area contributed by atoms with E-state index in [1.807, 2.05) is 0 Å². The van der Waals surface area contributed by atoms with Crippen LogP contribution in [0.3, 0.4) is 0 Å². The average Bonchev–Trinajstić information content (AvgIpc) is 2.51. The summed E-state index contributed by atoms with van der Waals surface area (Å²) in [7, 11) is 5.68. The lowest BCUT2D eigenvalue weighted by Gasteiger charge is -2.40. The number of nitrogens with one attached hydrogen (secondary N) is 1. The van der Waals surface area contributed by atoms with E-state index >= 15 is 0 Å². The highest BCUT2D eigenvalue weighted by atomic mass is 16.5. The molecule has 0 spiro atoms. The largest absolute Gasteiger partial charge is 0.383 e. The van der Waals surface area contributed by atoms with E-state index in [0.29, 0.717) is 12.1 Å². The predicted molar refractivity (Wildman–Crippen MR) is 88.8 cm³/mol. The van der Waals surface area contributed by atoms with Gasteiger partial charge in [-0.1, -0.05) is 13.3 Å². The molecule has 1 aliphatic rings. The van der Waals surface area contributed by atoms with E-state index in [0.717, 1.165) is 38.1 Å². The molecule has 0 aromatic carbocycles. The van der Waals surface area contributed by atoms with Gasteiger partial charge in [0.1, 0.15) is 0 Å². The summed E-state index contributed by atoms with van der Waals surface area (Å²) in [6.45, 7) is 8.31. The van der Waals surface area contributed by atoms with E-state index in [-0.39, 0.29) is 0 Å². The Morgan fingerprint density at radius 3 is 2.57 bits per heavy atom. The SMILES string of the molecule is CCC1CCC(NC)C(CN(CCOC)C(C)COC)C1. The number of nitrogens with zero attached hydrogens (tertiary/aromatic N) is 1. The van der Waals surface area contributed by atoms with Crippen LogP contribution in [0.15, 0.2) is 0 Å². The normalized spacial score (nSPS) is 28.0. The lowest BCUT2D eigenvalue weighted by molar-refractivity contribution is 0.0498. The molecular weight excluding hydrogens is 264 g/mol. The van der Waals surface area contributed by atoms with Gasteiger partial charge in [-0.05, 0) is 45.1 Å². The monoisotopic (exact) mass is 300 g/mol. The van der Waals surface area contributed by atoms with Gasteiger partial charge in [0, 0.05) is 39.4 Å². The van der Waals surface area contributed by atoms with E-state index in [9.17, 15) is 0 Å². The van der Waals surface area contributed by atoms with Crippen LogP contribution in [0.5, 0.6) is 0 Å². The fraction of sp³-hybridized carbons (Fsp3) is 1.00. The molecule has 0 radical (unpaired) electrons. The quantitative estimate of drug-likeness (QED) is 0.672. The second-order valence-corrected chi connectivity index (χ2v) is 6.53. The number of ether oxygens (including phenoxy) is 2. The minimum atomic E-state index is 0.449. The zero-order valence-electron chi connectivity index (χ0n) is 14.7. The molecule has 0 bridgehead atoms. The Bertz CT molecular complexity index is 263. The number of rotatable bonds is 10. The summed E-state index contributed by atoms with van der Waals surface area (Å²) in [6, 6.07) is 1.11. The topological polar surface area (TPSA) is 33.7 Å². The third kappa shape index (κ3) is 6.23. The second-order valence-electron chi connectivity index (χ2n) is 6.53. The molecule has 1 N–H and O–H groups in total. The van der Waals surface area contributed by atoms with Gasteiger partial charge >= 0.3 is 0 Å². The van der Waals surface area contributed by atoms with E-state index in [2.05, 4.69) is 31.1 Å². The van der Waals surface area contributed by atoms with Crippen molar-refractivity contribution in [3.8, 4) is 0 Å². The van der Waals surface area contributed by atoms with Crippen LogP contribution in [-0.4, -0.2) is 64.6 Å². The van der Waals surface area contributed by atoms with Gasteiger partial charge in [0.2, 0.25) is 0 Å². The molecule has 1 rings (SSSR count). The summed E-state index contributed by atoms with van der Waals surface area (Å²) in [5.41, 5.74) is 0. The highest BCUT2D eigenvalue weighted by molar-refractivity contribution is 4.86. The Labute approximate surface area is 131 Å². The maximum atomic E-state index is 5.35. The van der Waals surface area contributed by atoms with E-state index in [1.165, 1.54) is 25.7 Å². The zero-order valence-corrected chi connectivity index (χ0v) is 14.7. The predicted octanol–water partition coefficient (Wildman–Crippen LogP) is 2.38. The molecular formula is C17H36N2O2. The highest BCUT2D eigenvalue weighted by Crippen LogP contribution is 2.32. The molecule has 126 valence electrons. The van der Waals surface area contributed by atoms with Gasteiger partial charge in [0.25, 0.3) is 0 Å². The van der Waals surface area contributed by atoms with Crippen molar-refractivity contribution in [1.29, 1.82) is 0 Å². The van der Waals surface area contributed by atoms with Crippen molar-refractivity contribution in [2.24, 2.45) is 11.8 Å². The van der Waals surface area contributed by atoms with Crippen LogP contribution in [0.2, 0.25) is 0 Å². The van der Waals surface area contributed by atoms with Gasteiger partial charge in [-0.25, -0.2) is 0 Å². The third-order valence-corrected chi connectivity index (χ3v) is 5.12. The fourth-order valence-electron chi connectivity index (χ4n) is 3.66. The molecule has 0 aromatic heterocycles. The second kappa shape index (κ2) is 10.5. The van der Waals surface area contributed by atoms with Crippen LogP contribution < -0.4 is 5.32 Å². The van der Waals surface area contributed by atoms with Crippen molar-refractivity contribution in [3.63, 3.8) is 0 Å². The van der Waals surface area contributed by atoms with Gasteiger partial charge in [0.05, 0.1) is 13.2 Å². The van der Waals surface area contributed by atoms with E-state index in [1.54, 1.807) is 14.2 Å². The zero-order chi connectivity index (χ0) is 15.7. The van der Waals surface area contributed by atoms with Gasteiger partial charge in [-0.15, -0.1) is 0 Å². The molecule has 4 heteroatoms. The van der Waals surface area contributed by atoms with Crippen LogP contribution in [-0.2, 0) is 9.47 Å². The number of hydrogen-bond acceptors (Lipinski definition) is 4. The minimum absolute atomic E-state index is 0.449. The van der Waals surface area contributed by atoms with Crippen LogP contribution in [0.1, 0.15) is 39.5 Å². The third-order valence-electron chi connectivity index (χ3n) is 5.12. The van der Waals surface area contributed by atoms with Crippen LogP contribution >= 0.6 is 0 Å². The molecule has 0 aliphatic heterocycles. The molecule has 0 saturated heterocycles. The first-order chi connectivity index (χ1) is 10.2. The van der Waals surface area contributed by atoms with Crippen molar-refractivity contribution in [3.05, 3.63) is 0 Å². The molecule has 0 aromatic rings. The van der Waals surface area contributed by atoms with Crippen molar-refractivity contribution in [1.82, 2.24) is 10.2 Å². The fourth-order valence-corrected chi connectivity index (χ4v) is 3.66. The molecule has 4 unspecified atom stereocenters. The maximum absolute atomic E-state index is 5.35. The van der Waals surface area contributed by atoms with Gasteiger partial charge in [0.15, 0.2) is 0 Å². The van der Waals surface area contributed by atoms with Crippen molar-refractivity contribution >= 4 is 0 Å². The Kier molecular flexibility index (Phi) is 9.49. The summed E-state index contributed by atoms with van der Waals surface area (Å²) in [5.74, 6) is 1.64. The Hall–Kier alpha value is -0.160. The average molecular weight is 300 g/mol. The first-order valence-electron chi connectivity index (χ1n) is 8.55. The van der Waals surface area contributed by atoms with E-state index in [4.69, 9.17) is 9.47 Å². The number of methoxy groups -OCH3 is 2. The summed E-state index contributed by atoms with van der Waals surface area (Å²) in [4.78, 5) is 2.54. The molecule has 1 aliphatic carbocycles. The van der Waals surface area contributed by atoms with Gasteiger partial charge in [-0.2, -0.15) is 0 Å². The first-order valence-corrected chi connectivity index (χ1v) is 8.55. The maximum Gasteiger partial charge on any atom is 0.0615 e. The molecule has 0 heterocycles. The molecule has 4 nitrogen and oxygen atoms in total. The Morgan fingerprint density at radius 1 is 1.24 bits per heavy atom. The van der Waals surface area contributed by atoms with Crippen molar-refractivity contribution in [2.75, 3.05) is 47.6 Å². The van der Waals surface area contributed by atoms with Crippen LogP contribution in [0, 0.1) is 11.8 Å². The minimum Gasteiger partial charge on any atom is -0.383 e. The van der Waals surface area contributed by atoms with Gasteiger partial charge < -0.3 is 14.8 Å². The summed E-state index contributed by atoms with van der Waals surface area (Å²) in [5, 5.41) is 3.54. The summed E-state index contributed by atoms with van der Waals surface area (Å²) < 4.78 is 10.6. The van der Waals surface area contributed by atoms with Gasteiger partial charge in [-0.3, -0.25) is 4.90 Å². The Balaban J connectivity index is 2.63. The first kappa shape index (κ1) is 18.9. The molecule has 1 fully saturated rings. The van der Waals surface area contributed by atoms with E-state index < -0.39 is 0 Å². The summed E-state index contributed by atoms with van der Waals surface area (Å²) >= 11 is 0. The van der Waals surface area contributed by atoms with Crippen molar-refractivity contribution in [2.45, 2.75) is 51.6 Å². The molecule has 21 heavy (non-hydrogen) atoms. The van der Waals surface area contributed by atoms with Crippen molar-refractivity contribution < 1.29 is 9.47 Å².